The number of carbonyl (C=O) groups excluding carboxylic acids is 2. The van der Waals surface area contributed by atoms with Gasteiger partial charge in [0.05, 0.1) is 12.5 Å². The third-order valence-electron chi connectivity index (χ3n) is 3.41. The minimum atomic E-state index is -0.336. The van der Waals surface area contributed by atoms with Crippen LogP contribution in [0.2, 0.25) is 0 Å². The number of anilines is 1. The standard InChI is InChI=1S/C15H19BrN2O3/c1-2-21-15(20)18-8-4-5-11(10-18)14(19)17-13-7-3-6-12(16)9-13/h3,6-7,9,11H,2,4-5,8,10H2,1H3,(H,17,19). The summed E-state index contributed by atoms with van der Waals surface area (Å²) in [4.78, 5) is 25.6. The van der Waals surface area contributed by atoms with Crippen LogP contribution in [0.1, 0.15) is 19.8 Å². The maximum absolute atomic E-state index is 12.3. The van der Waals surface area contributed by atoms with Gasteiger partial charge in [0.1, 0.15) is 0 Å². The Hall–Kier alpha value is -1.56. The second-order valence-electron chi connectivity index (χ2n) is 4.98. The third kappa shape index (κ3) is 4.46. The maximum Gasteiger partial charge on any atom is 0.409 e. The van der Waals surface area contributed by atoms with Crippen molar-refractivity contribution in [1.82, 2.24) is 4.90 Å². The number of nitrogens with zero attached hydrogens (tertiary/aromatic N) is 1. The molecule has 2 amide bonds. The zero-order valence-corrected chi connectivity index (χ0v) is 13.6. The van der Waals surface area contributed by atoms with Gasteiger partial charge in [-0.25, -0.2) is 4.79 Å². The van der Waals surface area contributed by atoms with Gasteiger partial charge in [0.25, 0.3) is 0 Å². The highest BCUT2D eigenvalue weighted by Crippen LogP contribution is 2.21. The lowest BCUT2D eigenvalue weighted by Crippen LogP contribution is -2.44. The first-order chi connectivity index (χ1) is 10.1. The zero-order chi connectivity index (χ0) is 15.2. The van der Waals surface area contributed by atoms with E-state index in [0.717, 1.165) is 23.0 Å². The number of hydrogen-bond donors (Lipinski definition) is 1. The van der Waals surface area contributed by atoms with Gasteiger partial charge in [0.15, 0.2) is 0 Å². The second kappa shape index (κ2) is 7.45. The Balaban J connectivity index is 1.94. The van der Waals surface area contributed by atoms with Gasteiger partial charge in [-0.1, -0.05) is 22.0 Å². The number of nitrogens with one attached hydrogen (secondary N) is 1. The fourth-order valence-corrected chi connectivity index (χ4v) is 2.78. The maximum atomic E-state index is 12.3. The molecule has 1 aromatic carbocycles. The number of benzene rings is 1. The summed E-state index contributed by atoms with van der Waals surface area (Å²) in [6.45, 7) is 3.20. The van der Waals surface area contributed by atoms with Crippen LogP contribution in [0.4, 0.5) is 10.5 Å². The van der Waals surface area contributed by atoms with E-state index >= 15 is 0 Å². The van der Waals surface area contributed by atoms with Crippen LogP contribution in [0, 0.1) is 5.92 Å². The lowest BCUT2D eigenvalue weighted by atomic mass is 9.97. The van der Waals surface area contributed by atoms with Gasteiger partial charge >= 0.3 is 6.09 Å². The minimum absolute atomic E-state index is 0.0536. The molecule has 5 nitrogen and oxygen atoms in total. The van der Waals surface area contributed by atoms with Gasteiger partial charge in [0, 0.05) is 23.2 Å². The summed E-state index contributed by atoms with van der Waals surface area (Å²) < 4.78 is 5.91. The van der Waals surface area contributed by atoms with Crippen molar-refractivity contribution in [3.8, 4) is 0 Å². The Morgan fingerprint density at radius 2 is 2.29 bits per heavy atom. The van der Waals surface area contributed by atoms with Crippen LogP contribution in [-0.2, 0) is 9.53 Å². The van der Waals surface area contributed by atoms with Crippen LogP contribution in [0.3, 0.4) is 0 Å². The van der Waals surface area contributed by atoms with Crippen molar-refractivity contribution in [2.45, 2.75) is 19.8 Å². The molecule has 0 bridgehead atoms. The zero-order valence-electron chi connectivity index (χ0n) is 12.0. The van der Waals surface area contributed by atoms with Crippen molar-refractivity contribution in [3.63, 3.8) is 0 Å². The molecular formula is C15H19BrN2O3. The smallest absolute Gasteiger partial charge is 0.409 e. The average molecular weight is 355 g/mol. The quantitative estimate of drug-likeness (QED) is 0.906. The third-order valence-corrected chi connectivity index (χ3v) is 3.90. The summed E-state index contributed by atoms with van der Waals surface area (Å²) in [6, 6.07) is 7.46. The Bertz CT molecular complexity index is 521. The minimum Gasteiger partial charge on any atom is -0.450 e. The normalized spacial score (nSPS) is 18.2. The van der Waals surface area contributed by atoms with Gasteiger partial charge in [-0.15, -0.1) is 0 Å². The van der Waals surface area contributed by atoms with Crippen molar-refractivity contribution in [3.05, 3.63) is 28.7 Å². The van der Waals surface area contributed by atoms with Crippen molar-refractivity contribution in [2.24, 2.45) is 5.92 Å². The highest BCUT2D eigenvalue weighted by Gasteiger charge is 2.29. The van der Waals surface area contributed by atoms with Gasteiger partial charge in [0.2, 0.25) is 5.91 Å². The molecule has 1 atom stereocenters. The van der Waals surface area contributed by atoms with Gasteiger partial charge in [-0.05, 0) is 38.0 Å². The molecule has 114 valence electrons. The van der Waals surface area contributed by atoms with E-state index < -0.39 is 0 Å². The molecule has 1 heterocycles. The van der Waals surface area contributed by atoms with Crippen LogP contribution in [0.5, 0.6) is 0 Å². The molecule has 6 heteroatoms. The molecule has 0 aliphatic carbocycles. The summed E-state index contributed by atoms with van der Waals surface area (Å²) in [7, 11) is 0. The number of likely N-dealkylation sites (tertiary alicyclic amines) is 1. The number of carbonyl (C=O) groups is 2. The van der Waals surface area contributed by atoms with Crippen LogP contribution in [-0.4, -0.2) is 36.6 Å². The van der Waals surface area contributed by atoms with Crippen molar-refractivity contribution < 1.29 is 14.3 Å². The first kappa shape index (κ1) is 15.8. The van der Waals surface area contributed by atoms with Crippen molar-refractivity contribution in [1.29, 1.82) is 0 Å². The molecule has 1 unspecified atom stereocenters. The van der Waals surface area contributed by atoms with Gasteiger partial charge in [-0.3, -0.25) is 4.79 Å². The van der Waals surface area contributed by atoms with Crippen LogP contribution in [0.15, 0.2) is 28.7 Å². The first-order valence-electron chi connectivity index (χ1n) is 7.08. The predicted octanol–water partition coefficient (Wildman–Crippen LogP) is 3.26. The second-order valence-corrected chi connectivity index (χ2v) is 5.90. The molecule has 2 rings (SSSR count). The molecular weight excluding hydrogens is 336 g/mol. The molecule has 1 aliphatic rings. The number of halogens is 1. The number of ether oxygens (including phenoxy) is 1. The van der Waals surface area contributed by atoms with Crippen LogP contribution in [0.25, 0.3) is 0 Å². The molecule has 1 N–H and O–H groups in total. The summed E-state index contributed by atoms with van der Waals surface area (Å²) in [5.74, 6) is -0.246. The van der Waals surface area contributed by atoms with Crippen LogP contribution < -0.4 is 5.32 Å². The van der Waals surface area contributed by atoms with Crippen molar-refractivity contribution in [2.75, 3.05) is 25.0 Å². The average Bonchev–Trinajstić information content (AvgIpc) is 2.47. The lowest BCUT2D eigenvalue weighted by Gasteiger charge is -2.31. The van der Waals surface area contributed by atoms with E-state index in [1.54, 1.807) is 11.8 Å². The Kier molecular flexibility index (Phi) is 5.61. The topological polar surface area (TPSA) is 58.6 Å². The molecule has 21 heavy (non-hydrogen) atoms. The number of piperidine rings is 1. The molecule has 0 aromatic heterocycles. The fraction of sp³-hybridized carbons (Fsp3) is 0.467. The SMILES string of the molecule is CCOC(=O)N1CCCC(C(=O)Nc2cccc(Br)c2)C1. The Morgan fingerprint density at radius 3 is 3.00 bits per heavy atom. The largest absolute Gasteiger partial charge is 0.450 e. The summed E-state index contributed by atoms with van der Waals surface area (Å²) in [5.41, 5.74) is 0.752. The fourth-order valence-electron chi connectivity index (χ4n) is 2.38. The first-order valence-corrected chi connectivity index (χ1v) is 7.87. The Labute approximate surface area is 132 Å². The van der Waals surface area contributed by atoms with E-state index in [-0.39, 0.29) is 17.9 Å². The lowest BCUT2D eigenvalue weighted by molar-refractivity contribution is -0.121. The van der Waals surface area contributed by atoms with Crippen LogP contribution >= 0.6 is 15.9 Å². The molecule has 0 saturated carbocycles. The molecule has 1 fully saturated rings. The van der Waals surface area contributed by atoms with Crippen molar-refractivity contribution >= 4 is 33.6 Å². The number of hydrogen-bond acceptors (Lipinski definition) is 3. The van der Waals surface area contributed by atoms with E-state index in [0.29, 0.717) is 19.7 Å². The van der Waals surface area contributed by atoms with Gasteiger partial charge < -0.3 is 15.0 Å². The molecule has 1 aromatic rings. The summed E-state index contributed by atoms with van der Waals surface area (Å²) >= 11 is 3.37. The van der Waals surface area contributed by atoms with E-state index in [1.165, 1.54) is 0 Å². The molecule has 1 saturated heterocycles. The summed E-state index contributed by atoms with van der Waals surface area (Å²) in [6.07, 6.45) is 1.27. The van der Waals surface area contributed by atoms with Gasteiger partial charge in [-0.2, -0.15) is 0 Å². The molecule has 0 radical (unpaired) electrons. The highest BCUT2D eigenvalue weighted by atomic mass is 79.9. The predicted molar refractivity (Wildman–Crippen MR) is 84.1 cm³/mol. The van der Waals surface area contributed by atoms with E-state index in [2.05, 4.69) is 21.2 Å². The molecule has 0 spiro atoms. The number of rotatable bonds is 3. The summed E-state index contributed by atoms with van der Waals surface area (Å²) in [5, 5.41) is 2.90. The van der Waals surface area contributed by atoms with E-state index in [9.17, 15) is 9.59 Å². The number of amides is 2. The van der Waals surface area contributed by atoms with E-state index in [1.807, 2.05) is 24.3 Å². The Morgan fingerprint density at radius 1 is 1.48 bits per heavy atom. The van der Waals surface area contributed by atoms with E-state index in [4.69, 9.17) is 4.74 Å². The monoisotopic (exact) mass is 354 g/mol. The molecule has 1 aliphatic heterocycles. The highest BCUT2D eigenvalue weighted by molar-refractivity contribution is 9.10.